The fraction of sp³-hybridized carbons (Fsp3) is 0.357. The molecule has 1 aromatic rings. The van der Waals surface area contributed by atoms with Gasteiger partial charge in [-0.05, 0) is 18.6 Å². The van der Waals surface area contributed by atoms with Crippen LogP contribution in [-0.4, -0.2) is 30.2 Å². The van der Waals surface area contributed by atoms with E-state index in [1.165, 1.54) is 0 Å². The van der Waals surface area contributed by atoms with Crippen molar-refractivity contribution in [2.45, 2.75) is 25.9 Å². The van der Waals surface area contributed by atoms with Gasteiger partial charge in [-0.1, -0.05) is 18.2 Å². The van der Waals surface area contributed by atoms with E-state index in [1.54, 1.807) is 13.0 Å². The second-order valence-corrected chi connectivity index (χ2v) is 4.21. The molecule has 0 fully saturated rings. The summed E-state index contributed by atoms with van der Waals surface area (Å²) in [5, 5.41) is 0. The first-order valence-electron chi connectivity index (χ1n) is 6.09. The molecule has 19 heavy (non-hydrogen) atoms. The maximum atomic E-state index is 11.9. The van der Waals surface area contributed by atoms with E-state index < -0.39 is 30.1 Å². The highest BCUT2D eigenvalue weighted by Crippen LogP contribution is 2.28. The van der Waals surface area contributed by atoms with Crippen LogP contribution in [0.3, 0.4) is 0 Å². The molecule has 1 heterocycles. The number of ether oxygens (including phenoxy) is 2. The molecule has 0 amide bonds. The van der Waals surface area contributed by atoms with E-state index in [-0.39, 0.29) is 6.61 Å². The molecule has 1 atom stereocenters. The highest BCUT2D eigenvalue weighted by molar-refractivity contribution is 6.37. The minimum absolute atomic E-state index is 0.115. The molecule has 0 bridgehead atoms. The van der Waals surface area contributed by atoms with Crippen molar-refractivity contribution in [2.75, 3.05) is 6.61 Å². The largest absolute Gasteiger partial charge is 0.482 e. The first-order chi connectivity index (χ1) is 9.11. The summed E-state index contributed by atoms with van der Waals surface area (Å²) >= 11 is 0. The Labute approximate surface area is 110 Å². The highest BCUT2D eigenvalue weighted by atomic mass is 16.5. The SMILES string of the molecule is CCOC(=O)C(=O)CC(=O)C1Cc2ccccc2O1. The number of hydrogen-bond acceptors (Lipinski definition) is 5. The third-order valence-electron chi connectivity index (χ3n) is 2.84. The second-order valence-electron chi connectivity index (χ2n) is 4.21. The van der Waals surface area contributed by atoms with Gasteiger partial charge >= 0.3 is 5.97 Å². The summed E-state index contributed by atoms with van der Waals surface area (Å²) in [6, 6.07) is 7.32. The molecule has 1 aromatic carbocycles. The Hall–Kier alpha value is -2.17. The average Bonchev–Trinajstić information content (AvgIpc) is 2.82. The maximum absolute atomic E-state index is 11.9. The molecule has 0 saturated heterocycles. The van der Waals surface area contributed by atoms with E-state index in [4.69, 9.17) is 4.74 Å². The summed E-state index contributed by atoms with van der Waals surface area (Å²) in [6.07, 6.45) is -0.724. The number of esters is 1. The minimum atomic E-state index is -0.966. The lowest BCUT2D eigenvalue weighted by molar-refractivity contribution is -0.154. The quantitative estimate of drug-likeness (QED) is 0.451. The normalized spacial score (nSPS) is 16.4. The Kier molecular flexibility index (Phi) is 3.94. The fourth-order valence-electron chi connectivity index (χ4n) is 1.92. The molecular formula is C14H14O5. The van der Waals surface area contributed by atoms with Crippen LogP contribution < -0.4 is 4.74 Å². The second kappa shape index (κ2) is 5.65. The lowest BCUT2D eigenvalue weighted by Crippen LogP contribution is -2.30. The molecule has 1 aliphatic rings. The van der Waals surface area contributed by atoms with Gasteiger partial charge in [-0.2, -0.15) is 0 Å². The van der Waals surface area contributed by atoms with Crippen molar-refractivity contribution in [1.29, 1.82) is 0 Å². The molecule has 2 rings (SSSR count). The molecule has 1 aliphatic heterocycles. The number of ketones is 2. The number of benzene rings is 1. The molecule has 0 spiro atoms. The van der Waals surface area contributed by atoms with E-state index in [9.17, 15) is 14.4 Å². The summed E-state index contributed by atoms with van der Waals surface area (Å²) in [4.78, 5) is 34.4. The van der Waals surface area contributed by atoms with Crippen molar-refractivity contribution in [2.24, 2.45) is 0 Å². The monoisotopic (exact) mass is 262 g/mol. The van der Waals surface area contributed by atoms with E-state index in [0.717, 1.165) is 5.56 Å². The number of carbonyl (C=O) groups is 3. The van der Waals surface area contributed by atoms with Gasteiger partial charge in [0, 0.05) is 6.42 Å². The standard InChI is InChI=1S/C14H14O5/c1-2-18-14(17)11(16)8-10(15)13-7-9-5-3-4-6-12(9)19-13/h3-6,13H,2,7-8H2,1H3. The van der Waals surface area contributed by atoms with Crippen LogP contribution >= 0.6 is 0 Å². The summed E-state index contributed by atoms with van der Waals surface area (Å²) in [5.74, 6) is -1.53. The molecule has 1 unspecified atom stereocenters. The number of carbonyl (C=O) groups excluding carboxylic acids is 3. The molecule has 0 radical (unpaired) electrons. The van der Waals surface area contributed by atoms with Gasteiger partial charge < -0.3 is 9.47 Å². The van der Waals surface area contributed by atoms with Crippen LogP contribution in [-0.2, 0) is 25.5 Å². The third-order valence-corrected chi connectivity index (χ3v) is 2.84. The Morgan fingerprint density at radius 1 is 1.32 bits per heavy atom. The van der Waals surface area contributed by atoms with Crippen LogP contribution in [0.25, 0.3) is 0 Å². The maximum Gasteiger partial charge on any atom is 0.375 e. The van der Waals surface area contributed by atoms with Gasteiger partial charge in [0.25, 0.3) is 0 Å². The summed E-state index contributed by atoms with van der Waals surface area (Å²) in [7, 11) is 0. The lowest BCUT2D eigenvalue weighted by Gasteiger charge is -2.08. The predicted octanol–water partition coefficient (Wildman–Crippen LogP) is 1.08. The molecule has 0 saturated carbocycles. The topological polar surface area (TPSA) is 69.7 Å². The average molecular weight is 262 g/mol. The van der Waals surface area contributed by atoms with Crippen LogP contribution in [0, 0.1) is 0 Å². The predicted molar refractivity (Wildman–Crippen MR) is 65.8 cm³/mol. The van der Waals surface area contributed by atoms with E-state index in [1.807, 2.05) is 18.2 Å². The molecule has 0 aromatic heterocycles. The van der Waals surface area contributed by atoms with Gasteiger partial charge in [-0.3, -0.25) is 9.59 Å². The van der Waals surface area contributed by atoms with Gasteiger partial charge in [0.15, 0.2) is 11.9 Å². The number of para-hydroxylation sites is 1. The molecule has 0 aliphatic carbocycles. The molecular weight excluding hydrogens is 248 g/mol. The number of fused-ring (bicyclic) bond motifs is 1. The first-order valence-corrected chi connectivity index (χ1v) is 6.09. The zero-order valence-corrected chi connectivity index (χ0v) is 10.5. The van der Waals surface area contributed by atoms with E-state index in [2.05, 4.69) is 4.74 Å². The van der Waals surface area contributed by atoms with Gasteiger partial charge in [0.05, 0.1) is 13.0 Å². The van der Waals surface area contributed by atoms with Crippen molar-refractivity contribution in [3.8, 4) is 5.75 Å². The highest BCUT2D eigenvalue weighted by Gasteiger charge is 2.31. The smallest absolute Gasteiger partial charge is 0.375 e. The fourth-order valence-corrected chi connectivity index (χ4v) is 1.92. The van der Waals surface area contributed by atoms with Crippen molar-refractivity contribution in [1.82, 2.24) is 0 Å². The number of rotatable bonds is 5. The zero-order chi connectivity index (χ0) is 13.8. The molecule has 100 valence electrons. The Morgan fingerprint density at radius 3 is 2.74 bits per heavy atom. The minimum Gasteiger partial charge on any atom is -0.482 e. The van der Waals surface area contributed by atoms with Crippen LogP contribution in [0.1, 0.15) is 18.9 Å². The Bertz CT molecular complexity index is 495. The Balaban J connectivity index is 1.93. The van der Waals surface area contributed by atoms with Crippen molar-refractivity contribution >= 4 is 17.5 Å². The van der Waals surface area contributed by atoms with Gasteiger partial charge in [0.1, 0.15) is 5.75 Å². The van der Waals surface area contributed by atoms with Gasteiger partial charge in [-0.15, -0.1) is 0 Å². The van der Waals surface area contributed by atoms with Gasteiger partial charge in [-0.25, -0.2) is 4.79 Å². The molecule has 5 heteroatoms. The van der Waals surface area contributed by atoms with Crippen LogP contribution in [0.5, 0.6) is 5.75 Å². The third kappa shape index (κ3) is 2.99. The molecule has 0 N–H and O–H groups in total. The lowest BCUT2D eigenvalue weighted by atomic mass is 10.0. The van der Waals surface area contributed by atoms with E-state index >= 15 is 0 Å². The van der Waals surface area contributed by atoms with Crippen molar-refractivity contribution in [3.05, 3.63) is 29.8 Å². The van der Waals surface area contributed by atoms with Crippen molar-refractivity contribution in [3.63, 3.8) is 0 Å². The zero-order valence-electron chi connectivity index (χ0n) is 10.5. The first kappa shape index (κ1) is 13.3. The summed E-state index contributed by atoms with van der Waals surface area (Å²) in [5.41, 5.74) is 0.935. The van der Waals surface area contributed by atoms with Crippen LogP contribution in [0.4, 0.5) is 0 Å². The summed E-state index contributed by atoms with van der Waals surface area (Å²) < 4.78 is 10.0. The van der Waals surface area contributed by atoms with Crippen LogP contribution in [0.2, 0.25) is 0 Å². The number of Topliss-reactive ketones (excluding diaryl/α,β-unsaturated/α-hetero) is 2. The summed E-state index contributed by atoms with van der Waals surface area (Å²) in [6.45, 7) is 1.72. The van der Waals surface area contributed by atoms with Crippen LogP contribution in [0.15, 0.2) is 24.3 Å². The van der Waals surface area contributed by atoms with E-state index in [0.29, 0.717) is 12.2 Å². The Morgan fingerprint density at radius 2 is 2.05 bits per heavy atom. The number of hydrogen-bond donors (Lipinski definition) is 0. The van der Waals surface area contributed by atoms with Crippen molar-refractivity contribution < 1.29 is 23.9 Å². The van der Waals surface area contributed by atoms with Gasteiger partial charge in [0.2, 0.25) is 5.78 Å². The molecule has 5 nitrogen and oxygen atoms in total.